The fraction of sp³-hybridized carbons (Fsp3) is 0.125. The van der Waals surface area contributed by atoms with Crippen molar-refractivity contribution in [2.75, 3.05) is 0 Å². The Morgan fingerprint density at radius 3 is 2.73 bits per heavy atom. The molecule has 3 aromatic heterocycles. The van der Waals surface area contributed by atoms with E-state index in [4.69, 9.17) is 5.14 Å². The Labute approximate surface area is 147 Å². The van der Waals surface area contributed by atoms with Gasteiger partial charge in [-0.2, -0.15) is 5.10 Å². The van der Waals surface area contributed by atoms with Crippen molar-refractivity contribution in [2.24, 2.45) is 5.14 Å². The summed E-state index contributed by atoms with van der Waals surface area (Å²) in [7, 11) is -4.10. The van der Waals surface area contributed by atoms with Gasteiger partial charge in [0.25, 0.3) is 0 Å². The average molecular weight is 372 g/mol. The van der Waals surface area contributed by atoms with Gasteiger partial charge in [-0.25, -0.2) is 22.9 Å². The standard InChI is InChI=1S/C16H13FN6O2S/c1-9-2-4-11-15-13(21-22-16(11)20-9)7-19-23(15)8-10-3-5-14(12(17)6-10)26(18,24)25/h2-7H,8H2,1H3,(H2,18,24,25). The van der Waals surface area contributed by atoms with Crippen molar-refractivity contribution in [3.05, 3.63) is 53.6 Å². The molecule has 0 aliphatic heterocycles. The summed E-state index contributed by atoms with van der Waals surface area (Å²) in [6.45, 7) is 2.08. The molecule has 8 nitrogen and oxygen atoms in total. The molecule has 0 spiro atoms. The second-order valence-electron chi connectivity index (χ2n) is 5.87. The SMILES string of the molecule is Cc1ccc2c(nnc3cnn(Cc4ccc(S(N)(=O)=O)c(F)c4)c32)n1. The molecule has 3 heterocycles. The summed E-state index contributed by atoms with van der Waals surface area (Å²) >= 11 is 0. The Morgan fingerprint density at radius 2 is 2.00 bits per heavy atom. The van der Waals surface area contributed by atoms with Gasteiger partial charge in [0, 0.05) is 11.1 Å². The minimum atomic E-state index is -4.10. The number of sulfonamides is 1. The number of aryl methyl sites for hydroxylation is 1. The molecule has 0 aliphatic rings. The van der Waals surface area contributed by atoms with Gasteiger partial charge < -0.3 is 0 Å². The molecule has 4 rings (SSSR count). The Balaban J connectivity index is 1.82. The molecule has 0 unspecified atom stereocenters. The van der Waals surface area contributed by atoms with E-state index in [1.165, 1.54) is 6.07 Å². The number of halogens is 1. The van der Waals surface area contributed by atoms with E-state index in [-0.39, 0.29) is 6.54 Å². The fourth-order valence-corrected chi connectivity index (χ4v) is 3.39. The Hall–Kier alpha value is -2.98. The first kappa shape index (κ1) is 16.5. The molecule has 0 radical (unpaired) electrons. The summed E-state index contributed by atoms with van der Waals surface area (Å²) in [5.41, 5.74) is 3.15. The minimum Gasteiger partial charge on any atom is -0.258 e. The van der Waals surface area contributed by atoms with Crippen LogP contribution in [0.4, 0.5) is 4.39 Å². The van der Waals surface area contributed by atoms with Crippen LogP contribution in [0.15, 0.2) is 41.4 Å². The van der Waals surface area contributed by atoms with Gasteiger partial charge in [0.2, 0.25) is 10.0 Å². The summed E-state index contributed by atoms with van der Waals surface area (Å²) < 4.78 is 38.4. The summed E-state index contributed by atoms with van der Waals surface area (Å²) in [6.07, 6.45) is 1.57. The number of pyridine rings is 1. The van der Waals surface area contributed by atoms with Gasteiger partial charge in [-0.15, -0.1) is 10.2 Å². The van der Waals surface area contributed by atoms with Gasteiger partial charge in [0.15, 0.2) is 5.65 Å². The molecule has 0 atom stereocenters. The molecular weight excluding hydrogens is 359 g/mol. The van der Waals surface area contributed by atoms with E-state index in [0.717, 1.165) is 28.7 Å². The first-order valence-electron chi connectivity index (χ1n) is 7.60. The van der Waals surface area contributed by atoms with Crippen molar-refractivity contribution < 1.29 is 12.8 Å². The van der Waals surface area contributed by atoms with E-state index in [2.05, 4.69) is 20.3 Å². The largest absolute Gasteiger partial charge is 0.258 e. The quantitative estimate of drug-likeness (QED) is 0.583. The van der Waals surface area contributed by atoms with Gasteiger partial charge in [0.1, 0.15) is 21.7 Å². The van der Waals surface area contributed by atoms with Gasteiger partial charge in [-0.1, -0.05) is 6.07 Å². The maximum Gasteiger partial charge on any atom is 0.240 e. The molecule has 0 saturated carbocycles. The van der Waals surface area contributed by atoms with E-state index in [1.807, 2.05) is 19.1 Å². The molecule has 1 aromatic carbocycles. The van der Waals surface area contributed by atoms with Crippen LogP contribution in [0.5, 0.6) is 0 Å². The van der Waals surface area contributed by atoms with Crippen LogP contribution in [-0.2, 0) is 16.6 Å². The third-order valence-electron chi connectivity index (χ3n) is 3.98. The van der Waals surface area contributed by atoms with Gasteiger partial charge in [0.05, 0.1) is 12.7 Å². The highest BCUT2D eigenvalue weighted by Crippen LogP contribution is 2.22. The number of fused-ring (bicyclic) bond motifs is 3. The number of rotatable bonds is 3. The normalized spacial score (nSPS) is 12.1. The summed E-state index contributed by atoms with van der Waals surface area (Å²) in [6, 6.07) is 7.52. The first-order valence-corrected chi connectivity index (χ1v) is 9.14. The zero-order valence-corrected chi connectivity index (χ0v) is 14.4. The monoisotopic (exact) mass is 372 g/mol. The lowest BCUT2D eigenvalue weighted by Crippen LogP contribution is -2.14. The Bertz CT molecular complexity index is 1270. The summed E-state index contributed by atoms with van der Waals surface area (Å²) in [5, 5.41) is 18.2. The first-order chi connectivity index (χ1) is 12.3. The van der Waals surface area contributed by atoms with Crippen LogP contribution in [0, 0.1) is 12.7 Å². The Morgan fingerprint density at radius 1 is 1.19 bits per heavy atom. The van der Waals surface area contributed by atoms with Crippen LogP contribution < -0.4 is 5.14 Å². The van der Waals surface area contributed by atoms with Crippen LogP contribution in [-0.4, -0.2) is 33.4 Å². The number of benzene rings is 1. The average Bonchev–Trinajstić information content (AvgIpc) is 2.96. The summed E-state index contributed by atoms with van der Waals surface area (Å²) in [4.78, 5) is 3.81. The fourth-order valence-electron chi connectivity index (χ4n) is 2.80. The van der Waals surface area contributed by atoms with Gasteiger partial charge in [-0.3, -0.25) is 4.68 Å². The molecular formula is C16H13FN6O2S. The van der Waals surface area contributed by atoms with Crippen molar-refractivity contribution in [1.29, 1.82) is 0 Å². The molecule has 132 valence electrons. The molecule has 0 aliphatic carbocycles. The van der Waals surface area contributed by atoms with E-state index in [1.54, 1.807) is 10.9 Å². The van der Waals surface area contributed by atoms with Crippen molar-refractivity contribution in [1.82, 2.24) is 25.0 Å². The predicted octanol–water partition coefficient (Wildman–Crippen LogP) is 1.52. The molecule has 0 amide bonds. The van der Waals surface area contributed by atoms with Crippen LogP contribution in [0.3, 0.4) is 0 Å². The number of hydrogen-bond acceptors (Lipinski definition) is 6. The third kappa shape index (κ3) is 2.78. The van der Waals surface area contributed by atoms with Gasteiger partial charge >= 0.3 is 0 Å². The molecule has 26 heavy (non-hydrogen) atoms. The number of nitrogens with zero attached hydrogens (tertiary/aromatic N) is 5. The third-order valence-corrected chi connectivity index (χ3v) is 4.92. The van der Waals surface area contributed by atoms with E-state index < -0.39 is 20.7 Å². The van der Waals surface area contributed by atoms with Crippen molar-refractivity contribution in [3.8, 4) is 0 Å². The lowest BCUT2D eigenvalue weighted by molar-refractivity contribution is 0.565. The topological polar surface area (TPSA) is 117 Å². The number of hydrogen-bond donors (Lipinski definition) is 1. The van der Waals surface area contributed by atoms with Crippen molar-refractivity contribution in [2.45, 2.75) is 18.4 Å². The molecule has 4 aromatic rings. The lowest BCUT2D eigenvalue weighted by Gasteiger charge is -2.07. The highest BCUT2D eigenvalue weighted by Gasteiger charge is 2.16. The zero-order valence-electron chi connectivity index (χ0n) is 13.6. The van der Waals surface area contributed by atoms with Crippen LogP contribution >= 0.6 is 0 Å². The summed E-state index contributed by atoms with van der Waals surface area (Å²) in [5.74, 6) is -0.900. The van der Waals surface area contributed by atoms with Gasteiger partial charge in [-0.05, 0) is 36.8 Å². The smallest absolute Gasteiger partial charge is 0.240 e. The number of primary sulfonamides is 1. The molecule has 0 fully saturated rings. The molecule has 10 heteroatoms. The molecule has 0 bridgehead atoms. The number of aromatic nitrogens is 5. The minimum absolute atomic E-state index is 0.222. The molecule has 2 N–H and O–H groups in total. The van der Waals surface area contributed by atoms with E-state index in [0.29, 0.717) is 16.7 Å². The zero-order chi connectivity index (χ0) is 18.5. The van der Waals surface area contributed by atoms with Crippen LogP contribution in [0.25, 0.3) is 22.1 Å². The van der Waals surface area contributed by atoms with Crippen molar-refractivity contribution in [3.63, 3.8) is 0 Å². The Kier molecular flexibility index (Phi) is 3.67. The highest BCUT2D eigenvalue weighted by atomic mass is 32.2. The van der Waals surface area contributed by atoms with Crippen LogP contribution in [0.1, 0.15) is 11.3 Å². The predicted molar refractivity (Wildman–Crippen MR) is 92.2 cm³/mol. The van der Waals surface area contributed by atoms with Crippen molar-refractivity contribution >= 4 is 32.1 Å². The maximum absolute atomic E-state index is 14.1. The van der Waals surface area contributed by atoms with Crippen LogP contribution in [0.2, 0.25) is 0 Å². The highest BCUT2D eigenvalue weighted by molar-refractivity contribution is 7.89. The molecule has 0 saturated heterocycles. The van der Waals surface area contributed by atoms with E-state index >= 15 is 0 Å². The van der Waals surface area contributed by atoms with E-state index in [9.17, 15) is 12.8 Å². The second kappa shape index (κ2) is 5.78. The lowest BCUT2D eigenvalue weighted by atomic mass is 10.2. The maximum atomic E-state index is 14.1. The number of nitrogens with two attached hydrogens (primary N) is 1. The second-order valence-corrected chi connectivity index (χ2v) is 7.40.